The van der Waals surface area contributed by atoms with E-state index in [2.05, 4.69) is 46.2 Å². The van der Waals surface area contributed by atoms with E-state index in [0.717, 1.165) is 36.6 Å². The lowest BCUT2D eigenvalue weighted by Gasteiger charge is -2.37. The Morgan fingerprint density at radius 3 is 2.95 bits per heavy atom. The molecular weight excluding hydrogens is 252 g/mol. The van der Waals surface area contributed by atoms with Gasteiger partial charge in [-0.05, 0) is 32.9 Å². The molecule has 0 bridgehead atoms. The van der Waals surface area contributed by atoms with E-state index in [0.29, 0.717) is 6.04 Å². The fourth-order valence-electron chi connectivity index (χ4n) is 2.94. The summed E-state index contributed by atoms with van der Waals surface area (Å²) in [5, 5.41) is 0. The van der Waals surface area contributed by atoms with E-state index in [1.165, 1.54) is 19.4 Å². The van der Waals surface area contributed by atoms with Crippen LogP contribution in [-0.2, 0) is 6.42 Å². The number of anilines is 2. The van der Waals surface area contributed by atoms with Crippen LogP contribution < -0.4 is 16.2 Å². The summed E-state index contributed by atoms with van der Waals surface area (Å²) in [6.07, 6.45) is 6.02. The van der Waals surface area contributed by atoms with Crippen molar-refractivity contribution in [1.82, 2.24) is 14.9 Å². The van der Waals surface area contributed by atoms with Gasteiger partial charge in [-0.15, -0.1) is 0 Å². The molecule has 0 saturated carbocycles. The van der Waals surface area contributed by atoms with E-state index in [1.807, 2.05) is 0 Å². The first-order chi connectivity index (χ1) is 9.67. The number of nitrogen functional groups attached to an aromatic ring is 1. The van der Waals surface area contributed by atoms with Crippen molar-refractivity contribution in [1.29, 1.82) is 0 Å². The van der Waals surface area contributed by atoms with E-state index < -0.39 is 0 Å². The smallest absolute Gasteiger partial charge is 0.148 e. The van der Waals surface area contributed by atoms with E-state index >= 15 is 0 Å². The minimum Gasteiger partial charge on any atom is -0.355 e. The van der Waals surface area contributed by atoms with Crippen molar-refractivity contribution in [2.45, 2.75) is 38.6 Å². The molecule has 0 radical (unpaired) electrons. The van der Waals surface area contributed by atoms with Gasteiger partial charge in [-0.1, -0.05) is 13.3 Å². The quantitative estimate of drug-likeness (QED) is 0.624. The standard InChI is InChI=1S/C14H26N6/c1-4-6-12-13(18-15)16-10-17-14(12)20(3)11-7-5-8-19(2)9-11/h10-11H,4-9,15H2,1-3H3,(H,16,17,18). The van der Waals surface area contributed by atoms with Crippen LogP contribution in [0.25, 0.3) is 0 Å². The van der Waals surface area contributed by atoms with Crippen LogP contribution in [-0.4, -0.2) is 48.1 Å². The topological polar surface area (TPSA) is 70.3 Å². The molecule has 0 aromatic carbocycles. The van der Waals surface area contributed by atoms with Gasteiger partial charge in [0, 0.05) is 25.2 Å². The van der Waals surface area contributed by atoms with Crippen LogP contribution in [0.2, 0.25) is 0 Å². The summed E-state index contributed by atoms with van der Waals surface area (Å²) in [6.45, 7) is 4.43. The maximum Gasteiger partial charge on any atom is 0.148 e. The summed E-state index contributed by atoms with van der Waals surface area (Å²) >= 11 is 0. The number of piperidine rings is 1. The molecule has 1 atom stereocenters. The number of likely N-dealkylation sites (N-methyl/N-ethyl adjacent to an activating group) is 2. The molecule has 6 heteroatoms. The molecule has 1 unspecified atom stereocenters. The lowest BCUT2D eigenvalue weighted by molar-refractivity contribution is 0.247. The minimum atomic E-state index is 0.505. The van der Waals surface area contributed by atoms with Gasteiger partial charge < -0.3 is 15.2 Å². The van der Waals surface area contributed by atoms with Crippen LogP contribution in [0.1, 0.15) is 31.7 Å². The monoisotopic (exact) mass is 278 g/mol. The van der Waals surface area contributed by atoms with E-state index in [4.69, 9.17) is 5.84 Å². The Morgan fingerprint density at radius 1 is 1.50 bits per heavy atom. The van der Waals surface area contributed by atoms with Crippen LogP contribution in [0.4, 0.5) is 11.6 Å². The van der Waals surface area contributed by atoms with Gasteiger partial charge in [0.25, 0.3) is 0 Å². The number of aromatic nitrogens is 2. The van der Waals surface area contributed by atoms with Crippen molar-refractivity contribution in [2.75, 3.05) is 37.5 Å². The highest BCUT2D eigenvalue weighted by Gasteiger charge is 2.24. The number of rotatable bonds is 5. The second-order valence-electron chi connectivity index (χ2n) is 5.59. The Kier molecular flexibility index (Phi) is 5.14. The second kappa shape index (κ2) is 6.85. The van der Waals surface area contributed by atoms with Crippen molar-refractivity contribution in [2.24, 2.45) is 5.84 Å². The molecule has 6 nitrogen and oxygen atoms in total. The second-order valence-corrected chi connectivity index (χ2v) is 5.59. The van der Waals surface area contributed by atoms with Gasteiger partial charge in [0.15, 0.2) is 0 Å². The van der Waals surface area contributed by atoms with E-state index in [1.54, 1.807) is 6.33 Å². The Bertz CT molecular complexity index is 436. The van der Waals surface area contributed by atoms with Gasteiger partial charge in [0.1, 0.15) is 18.0 Å². The van der Waals surface area contributed by atoms with Crippen molar-refractivity contribution < 1.29 is 0 Å². The third kappa shape index (κ3) is 3.19. The molecule has 2 rings (SSSR count). The molecule has 0 amide bonds. The molecule has 1 fully saturated rings. The van der Waals surface area contributed by atoms with Crippen LogP contribution in [0.3, 0.4) is 0 Å². The normalized spacial score (nSPS) is 19.9. The molecule has 112 valence electrons. The number of nitrogens with two attached hydrogens (primary N) is 1. The highest BCUT2D eigenvalue weighted by molar-refractivity contribution is 5.58. The van der Waals surface area contributed by atoms with Gasteiger partial charge in [-0.25, -0.2) is 15.8 Å². The average Bonchev–Trinajstić information content (AvgIpc) is 2.47. The van der Waals surface area contributed by atoms with Crippen LogP contribution in [0, 0.1) is 0 Å². The SMILES string of the molecule is CCCc1c(NN)ncnc1N(C)C1CCCN(C)C1. The molecule has 1 aromatic heterocycles. The largest absolute Gasteiger partial charge is 0.355 e. The minimum absolute atomic E-state index is 0.505. The summed E-state index contributed by atoms with van der Waals surface area (Å²) in [5.41, 5.74) is 3.82. The summed E-state index contributed by atoms with van der Waals surface area (Å²) < 4.78 is 0. The third-order valence-corrected chi connectivity index (χ3v) is 4.04. The van der Waals surface area contributed by atoms with Crippen LogP contribution >= 0.6 is 0 Å². The van der Waals surface area contributed by atoms with Crippen molar-refractivity contribution in [3.63, 3.8) is 0 Å². The van der Waals surface area contributed by atoms with Crippen LogP contribution in [0.15, 0.2) is 6.33 Å². The maximum atomic E-state index is 5.58. The van der Waals surface area contributed by atoms with E-state index in [9.17, 15) is 0 Å². The van der Waals surface area contributed by atoms with Crippen LogP contribution in [0.5, 0.6) is 0 Å². The molecule has 1 aliphatic rings. The van der Waals surface area contributed by atoms with E-state index in [-0.39, 0.29) is 0 Å². The highest BCUT2D eigenvalue weighted by atomic mass is 15.3. The van der Waals surface area contributed by atoms with Gasteiger partial charge in [0.2, 0.25) is 0 Å². The number of likely N-dealkylation sites (tertiary alicyclic amines) is 1. The molecule has 1 aromatic rings. The van der Waals surface area contributed by atoms with Crippen molar-refractivity contribution in [3.8, 4) is 0 Å². The number of nitrogens with one attached hydrogen (secondary N) is 1. The first kappa shape index (κ1) is 15.0. The Labute approximate surface area is 121 Å². The Morgan fingerprint density at radius 2 is 2.30 bits per heavy atom. The average molecular weight is 278 g/mol. The van der Waals surface area contributed by atoms with Crippen molar-refractivity contribution in [3.05, 3.63) is 11.9 Å². The molecule has 3 N–H and O–H groups in total. The molecule has 0 spiro atoms. The summed E-state index contributed by atoms with van der Waals surface area (Å²) in [4.78, 5) is 13.4. The molecule has 0 aliphatic carbocycles. The summed E-state index contributed by atoms with van der Waals surface area (Å²) in [5.74, 6) is 7.34. The van der Waals surface area contributed by atoms with Gasteiger partial charge in [0.05, 0.1) is 0 Å². The zero-order valence-electron chi connectivity index (χ0n) is 12.8. The lowest BCUT2D eigenvalue weighted by Crippen LogP contribution is -2.45. The Hall–Kier alpha value is -1.40. The predicted molar refractivity (Wildman–Crippen MR) is 82.8 cm³/mol. The lowest BCUT2D eigenvalue weighted by atomic mass is 10.0. The molecule has 1 aliphatic heterocycles. The first-order valence-corrected chi connectivity index (χ1v) is 7.39. The summed E-state index contributed by atoms with van der Waals surface area (Å²) in [7, 11) is 4.31. The Balaban J connectivity index is 2.26. The maximum absolute atomic E-state index is 5.58. The van der Waals surface area contributed by atoms with Gasteiger partial charge in [-0.2, -0.15) is 0 Å². The first-order valence-electron chi connectivity index (χ1n) is 7.39. The highest BCUT2D eigenvalue weighted by Crippen LogP contribution is 2.27. The third-order valence-electron chi connectivity index (χ3n) is 4.04. The number of nitrogens with zero attached hydrogens (tertiary/aromatic N) is 4. The fourth-order valence-corrected chi connectivity index (χ4v) is 2.94. The van der Waals surface area contributed by atoms with Crippen molar-refractivity contribution >= 4 is 11.6 Å². The number of hydrogen-bond donors (Lipinski definition) is 2. The molecule has 1 saturated heterocycles. The molecular formula is C14H26N6. The zero-order chi connectivity index (χ0) is 14.5. The predicted octanol–water partition coefficient (Wildman–Crippen LogP) is 1.25. The van der Waals surface area contributed by atoms with Gasteiger partial charge >= 0.3 is 0 Å². The molecule has 2 heterocycles. The van der Waals surface area contributed by atoms with Gasteiger partial charge in [-0.3, -0.25) is 0 Å². The summed E-state index contributed by atoms with van der Waals surface area (Å²) in [6, 6.07) is 0.505. The molecule has 20 heavy (non-hydrogen) atoms. The number of hydrazine groups is 1. The zero-order valence-corrected chi connectivity index (χ0v) is 12.8. The number of hydrogen-bond acceptors (Lipinski definition) is 6. The fraction of sp³-hybridized carbons (Fsp3) is 0.714.